The summed E-state index contributed by atoms with van der Waals surface area (Å²) in [7, 11) is 0. The van der Waals surface area contributed by atoms with Gasteiger partial charge in [0, 0.05) is 35.9 Å². The van der Waals surface area contributed by atoms with E-state index in [4.69, 9.17) is 11.6 Å². The Morgan fingerprint density at radius 2 is 1.85 bits per heavy atom. The van der Waals surface area contributed by atoms with E-state index in [1.165, 1.54) is 24.1 Å². The van der Waals surface area contributed by atoms with E-state index in [1.807, 2.05) is 6.07 Å². The van der Waals surface area contributed by atoms with Crippen molar-refractivity contribution in [1.29, 1.82) is 0 Å². The van der Waals surface area contributed by atoms with Crippen LogP contribution in [0.4, 0.5) is 5.69 Å². The molecule has 0 atom stereocenters. The third-order valence-electron chi connectivity index (χ3n) is 4.00. The lowest BCUT2D eigenvalue weighted by Crippen LogP contribution is -2.30. The fraction of sp³-hybridized carbons (Fsp3) is 0.647. The number of nitrogens with one attached hydrogen (secondary N) is 1. The zero-order chi connectivity index (χ0) is 15.0. The van der Waals surface area contributed by atoms with Crippen molar-refractivity contribution < 1.29 is 0 Å². The molecule has 20 heavy (non-hydrogen) atoms. The van der Waals surface area contributed by atoms with Crippen molar-refractivity contribution in [1.82, 2.24) is 5.32 Å². The maximum atomic E-state index is 6.40. The standard InChI is InChI=1S/C17H29ClN2/c1-5-14(6-2)13-20(8-4)17-11-9-10-16(18)15(17)12-19-7-3/h9-11,14,19H,5-8,12-13H2,1-4H3. The quantitative estimate of drug-likeness (QED) is 0.710. The Morgan fingerprint density at radius 1 is 1.15 bits per heavy atom. The summed E-state index contributed by atoms with van der Waals surface area (Å²) in [5, 5.41) is 4.26. The van der Waals surface area contributed by atoms with Crippen LogP contribution in [0.2, 0.25) is 5.02 Å². The lowest BCUT2D eigenvalue weighted by molar-refractivity contribution is 0.485. The maximum absolute atomic E-state index is 6.40. The SMILES string of the molecule is CCNCc1c(Cl)cccc1N(CC)CC(CC)CC. The largest absolute Gasteiger partial charge is 0.371 e. The summed E-state index contributed by atoms with van der Waals surface area (Å²) < 4.78 is 0. The van der Waals surface area contributed by atoms with Crippen molar-refractivity contribution in [2.24, 2.45) is 5.92 Å². The van der Waals surface area contributed by atoms with E-state index in [0.29, 0.717) is 0 Å². The number of rotatable bonds is 9. The van der Waals surface area contributed by atoms with Gasteiger partial charge >= 0.3 is 0 Å². The first kappa shape index (κ1) is 17.3. The highest BCUT2D eigenvalue weighted by Crippen LogP contribution is 2.28. The number of halogens is 1. The summed E-state index contributed by atoms with van der Waals surface area (Å²) in [4.78, 5) is 2.47. The molecule has 0 aliphatic heterocycles. The molecule has 0 saturated heterocycles. The maximum Gasteiger partial charge on any atom is 0.0471 e. The Labute approximate surface area is 129 Å². The molecule has 1 N–H and O–H groups in total. The van der Waals surface area contributed by atoms with E-state index < -0.39 is 0 Å². The van der Waals surface area contributed by atoms with Gasteiger partial charge in [0.05, 0.1) is 0 Å². The smallest absolute Gasteiger partial charge is 0.0471 e. The molecule has 1 aromatic carbocycles. The Morgan fingerprint density at radius 3 is 2.40 bits per heavy atom. The molecular weight excluding hydrogens is 268 g/mol. The van der Waals surface area contributed by atoms with Gasteiger partial charge in [-0.15, -0.1) is 0 Å². The van der Waals surface area contributed by atoms with Crippen molar-refractivity contribution in [3.63, 3.8) is 0 Å². The minimum absolute atomic E-state index is 0.751. The van der Waals surface area contributed by atoms with Crippen LogP contribution in [0.25, 0.3) is 0 Å². The predicted octanol–water partition coefficient (Wildman–Crippen LogP) is 4.71. The molecular formula is C17H29ClN2. The molecule has 2 nitrogen and oxygen atoms in total. The first-order chi connectivity index (χ1) is 9.67. The summed E-state index contributed by atoms with van der Waals surface area (Å²) in [5.41, 5.74) is 2.51. The van der Waals surface area contributed by atoms with Gasteiger partial charge in [0.2, 0.25) is 0 Å². The normalized spacial score (nSPS) is 11.1. The molecule has 0 saturated carbocycles. The molecule has 0 aliphatic rings. The van der Waals surface area contributed by atoms with Crippen molar-refractivity contribution in [2.45, 2.75) is 47.1 Å². The zero-order valence-electron chi connectivity index (χ0n) is 13.4. The van der Waals surface area contributed by atoms with Gasteiger partial charge in [-0.3, -0.25) is 0 Å². The van der Waals surface area contributed by atoms with Gasteiger partial charge in [0.15, 0.2) is 0 Å². The van der Waals surface area contributed by atoms with Crippen LogP contribution in [0, 0.1) is 5.92 Å². The van der Waals surface area contributed by atoms with Crippen LogP contribution in [-0.2, 0) is 6.54 Å². The molecule has 3 heteroatoms. The van der Waals surface area contributed by atoms with E-state index in [9.17, 15) is 0 Å². The Hall–Kier alpha value is -0.730. The molecule has 0 aromatic heterocycles. The average Bonchev–Trinajstić information content (AvgIpc) is 2.47. The van der Waals surface area contributed by atoms with Crippen LogP contribution < -0.4 is 10.2 Å². The number of hydrogen-bond donors (Lipinski definition) is 1. The highest BCUT2D eigenvalue weighted by atomic mass is 35.5. The van der Waals surface area contributed by atoms with Crippen LogP contribution in [0.1, 0.15) is 46.1 Å². The van der Waals surface area contributed by atoms with Crippen LogP contribution in [0.15, 0.2) is 18.2 Å². The minimum Gasteiger partial charge on any atom is -0.371 e. The molecule has 0 unspecified atom stereocenters. The molecule has 0 spiro atoms. The summed E-state index contributed by atoms with van der Waals surface area (Å²) in [6, 6.07) is 6.25. The van der Waals surface area contributed by atoms with Crippen molar-refractivity contribution in [2.75, 3.05) is 24.5 Å². The van der Waals surface area contributed by atoms with Gasteiger partial charge in [0.1, 0.15) is 0 Å². The number of benzene rings is 1. The van der Waals surface area contributed by atoms with Crippen LogP contribution in [0.5, 0.6) is 0 Å². The van der Waals surface area contributed by atoms with Crippen molar-refractivity contribution in [3.8, 4) is 0 Å². The minimum atomic E-state index is 0.751. The molecule has 1 aromatic rings. The van der Waals surface area contributed by atoms with Gasteiger partial charge in [0.25, 0.3) is 0 Å². The lowest BCUT2D eigenvalue weighted by atomic mass is 10.0. The fourth-order valence-corrected chi connectivity index (χ4v) is 2.76. The predicted molar refractivity (Wildman–Crippen MR) is 90.8 cm³/mol. The van der Waals surface area contributed by atoms with Crippen molar-refractivity contribution >= 4 is 17.3 Å². The van der Waals surface area contributed by atoms with Crippen LogP contribution in [-0.4, -0.2) is 19.6 Å². The van der Waals surface area contributed by atoms with E-state index >= 15 is 0 Å². The monoisotopic (exact) mass is 296 g/mol. The van der Waals surface area contributed by atoms with Crippen LogP contribution >= 0.6 is 11.6 Å². The molecule has 0 radical (unpaired) electrons. The van der Waals surface area contributed by atoms with E-state index in [1.54, 1.807) is 0 Å². The highest BCUT2D eigenvalue weighted by molar-refractivity contribution is 6.31. The van der Waals surface area contributed by atoms with Gasteiger partial charge in [-0.05, 0) is 31.5 Å². The Kier molecular flexibility index (Phi) is 8.01. The molecule has 1 rings (SSSR count). The van der Waals surface area contributed by atoms with Crippen LogP contribution in [0.3, 0.4) is 0 Å². The Bertz CT molecular complexity index is 389. The third-order valence-corrected chi connectivity index (χ3v) is 4.36. The summed E-state index contributed by atoms with van der Waals surface area (Å²) in [6.45, 7) is 12.8. The number of hydrogen-bond acceptors (Lipinski definition) is 2. The average molecular weight is 297 g/mol. The zero-order valence-corrected chi connectivity index (χ0v) is 14.1. The third kappa shape index (κ3) is 4.68. The summed E-state index contributed by atoms with van der Waals surface area (Å²) >= 11 is 6.40. The first-order valence-corrected chi connectivity index (χ1v) is 8.28. The summed E-state index contributed by atoms with van der Waals surface area (Å²) in [5.74, 6) is 0.751. The van der Waals surface area contributed by atoms with E-state index in [-0.39, 0.29) is 0 Å². The van der Waals surface area contributed by atoms with Gasteiger partial charge in [-0.2, -0.15) is 0 Å². The first-order valence-electron chi connectivity index (χ1n) is 7.90. The second-order valence-electron chi connectivity index (χ2n) is 5.24. The molecule has 0 heterocycles. The van der Waals surface area contributed by atoms with Gasteiger partial charge < -0.3 is 10.2 Å². The summed E-state index contributed by atoms with van der Waals surface area (Å²) in [6.07, 6.45) is 2.46. The Balaban J connectivity index is 2.98. The molecule has 0 bridgehead atoms. The molecule has 114 valence electrons. The second-order valence-corrected chi connectivity index (χ2v) is 5.65. The number of anilines is 1. The van der Waals surface area contributed by atoms with Gasteiger partial charge in [-0.1, -0.05) is 51.3 Å². The number of nitrogens with zero attached hydrogens (tertiary/aromatic N) is 1. The van der Waals surface area contributed by atoms with E-state index in [0.717, 1.165) is 37.1 Å². The topological polar surface area (TPSA) is 15.3 Å². The fourth-order valence-electron chi connectivity index (χ4n) is 2.52. The van der Waals surface area contributed by atoms with E-state index in [2.05, 4.69) is 50.0 Å². The van der Waals surface area contributed by atoms with Gasteiger partial charge in [-0.25, -0.2) is 0 Å². The molecule has 0 amide bonds. The molecule has 0 fully saturated rings. The van der Waals surface area contributed by atoms with Crippen molar-refractivity contribution in [3.05, 3.63) is 28.8 Å². The molecule has 0 aliphatic carbocycles. The lowest BCUT2D eigenvalue weighted by Gasteiger charge is -2.30. The highest BCUT2D eigenvalue weighted by Gasteiger charge is 2.15. The second kappa shape index (κ2) is 9.25.